The minimum atomic E-state index is -0.498. The molecule has 0 aliphatic carbocycles. The number of piperidine rings is 1. The van der Waals surface area contributed by atoms with Gasteiger partial charge >= 0.3 is 0 Å². The summed E-state index contributed by atoms with van der Waals surface area (Å²) >= 11 is 3.55. The van der Waals surface area contributed by atoms with Crippen molar-refractivity contribution in [1.29, 1.82) is 0 Å². The molecule has 0 aromatic heterocycles. The Balaban J connectivity index is 2.27. The maximum absolute atomic E-state index is 10.7. The maximum atomic E-state index is 10.7. The van der Waals surface area contributed by atoms with E-state index in [-0.39, 0.29) is 5.92 Å². The minimum Gasteiger partial charge on any atom is -0.490 e. The van der Waals surface area contributed by atoms with E-state index < -0.39 is 6.10 Å². The number of ether oxygens (including phenoxy) is 2. The summed E-state index contributed by atoms with van der Waals surface area (Å²) in [5.41, 5.74) is 0.871. The van der Waals surface area contributed by atoms with Crippen molar-refractivity contribution in [2.75, 3.05) is 26.3 Å². The molecule has 0 radical (unpaired) electrons. The zero-order valence-corrected chi connectivity index (χ0v) is 14.3. The van der Waals surface area contributed by atoms with E-state index in [0.717, 1.165) is 36.0 Å². The first-order valence-corrected chi connectivity index (χ1v) is 8.44. The van der Waals surface area contributed by atoms with Gasteiger partial charge in [-0.05, 0) is 50.9 Å². The average Bonchev–Trinajstić information content (AvgIpc) is 2.50. The Morgan fingerprint density at radius 2 is 1.95 bits per heavy atom. The predicted octanol–water partition coefficient (Wildman–Crippen LogP) is 3.28. The van der Waals surface area contributed by atoms with Gasteiger partial charge in [-0.25, -0.2) is 0 Å². The highest BCUT2D eigenvalue weighted by Gasteiger charge is 2.26. The van der Waals surface area contributed by atoms with Crippen LogP contribution >= 0.6 is 15.9 Å². The molecule has 4 nitrogen and oxygen atoms in total. The van der Waals surface area contributed by atoms with Gasteiger partial charge in [-0.15, -0.1) is 0 Å². The quantitative estimate of drug-likeness (QED) is 0.820. The molecule has 2 unspecified atom stereocenters. The molecule has 1 fully saturated rings. The van der Waals surface area contributed by atoms with Gasteiger partial charge in [0.15, 0.2) is 11.5 Å². The number of hydrogen-bond donors (Lipinski definition) is 2. The van der Waals surface area contributed by atoms with Crippen LogP contribution in [0.4, 0.5) is 0 Å². The van der Waals surface area contributed by atoms with Crippen LogP contribution in [-0.4, -0.2) is 31.4 Å². The molecule has 1 aromatic rings. The van der Waals surface area contributed by atoms with Gasteiger partial charge in [-0.2, -0.15) is 0 Å². The van der Waals surface area contributed by atoms with Crippen molar-refractivity contribution in [3.63, 3.8) is 0 Å². The lowest BCUT2D eigenvalue weighted by Crippen LogP contribution is -2.33. The van der Waals surface area contributed by atoms with E-state index in [1.165, 1.54) is 0 Å². The number of rotatable bonds is 6. The third kappa shape index (κ3) is 4.11. The summed E-state index contributed by atoms with van der Waals surface area (Å²) in [6, 6.07) is 3.79. The van der Waals surface area contributed by atoms with Crippen LogP contribution in [0.2, 0.25) is 0 Å². The van der Waals surface area contributed by atoms with Gasteiger partial charge in [-0.3, -0.25) is 0 Å². The summed E-state index contributed by atoms with van der Waals surface area (Å²) in [4.78, 5) is 0. The van der Waals surface area contributed by atoms with Crippen LogP contribution in [0.1, 0.15) is 38.4 Å². The molecular weight excluding hydrogens is 334 g/mol. The van der Waals surface area contributed by atoms with Gasteiger partial charge in [0.25, 0.3) is 0 Å². The second-order valence-electron chi connectivity index (χ2n) is 5.24. The Bertz CT molecular complexity index is 461. The molecule has 0 spiro atoms. The van der Waals surface area contributed by atoms with Crippen molar-refractivity contribution in [1.82, 2.24) is 5.32 Å². The van der Waals surface area contributed by atoms with Gasteiger partial charge in [0.2, 0.25) is 0 Å². The summed E-state index contributed by atoms with van der Waals surface area (Å²) < 4.78 is 12.1. The number of halogens is 1. The van der Waals surface area contributed by atoms with Crippen LogP contribution in [0, 0.1) is 5.92 Å². The Hall–Kier alpha value is -0.780. The van der Waals surface area contributed by atoms with Gasteiger partial charge in [0.1, 0.15) is 0 Å². The average molecular weight is 358 g/mol. The lowest BCUT2D eigenvalue weighted by atomic mass is 9.89. The molecule has 1 heterocycles. The van der Waals surface area contributed by atoms with E-state index >= 15 is 0 Å². The fraction of sp³-hybridized carbons (Fsp3) is 0.625. The highest BCUT2D eigenvalue weighted by atomic mass is 79.9. The van der Waals surface area contributed by atoms with Crippen molar-refractivity contribution in [3.05, 3.63) is 22.2 Å². The molecule has 0 amide bonds. The first kappa shape index (κ1) is 16.6. The van der Waals surface area contributed by atoms with Crippen LogP contribution in [0.5, 0.6) is 11.5 Å². The number of aliphatic hydroxyl groups excluding tert-OH is 1. The normalized spacial score (nSPS) is 20.1. The Labute approximate surface area is 135 Å². The van der Waals surface area contributed by atoms with E-state index in [1.54, 1.807) is 0 Å². The molecule has 0 bridgehead atoms. The van der Waals surface area contributed by atoms with Crippen molar-refractivity contribution >= 4 is 15.9 Å². The van der Waals surface area contributed by atoms with E-state index in [0.29, 0.717) is 24.7 Å². The molecule has 1 saturated heterocycles. The molecule has 1 aliphatic rings. The second kappa shape index (κ2) is 8.01. The Morgan fingerprint density at radius 3 is 2.52 bits per heavy atom. The highest BCUT2D eigenvalue weighted by Crippen LogP contribution is 2.39. The largest absolute Gasteiger partial charge is 0.490 e. The van der Waals surface area contributed by atoms with E-state index in [2.05, 4.69) is 21.2 Å². The maximum Gasteiger partial charge on any atom is 0.162 e. The Kier molecular flexibility index (Phi) is 6.33. The molecule has 1 aliphatic heterocycles. The van der Waals surface area contributed by atoms with Crippen LogP contribution in [0.25, 0.3) is 0 Å². The lowest BCUT2D eigenvalue weighted by molar-refractivity contribution is 0.0911. The molecule has 2 rings (SSSR count). The zero-order valence-electron chi connectivity index (χ0n) is 12.7. The molecule has 21 heavy (non-hydrogen) atoms. The fourth-order valence-electron chi connectivity index (χ4n) is 2.72. The van der Waals surface area contributed by atoms with Crippen LogP contribution < -0.4 is 14.8 Å². The summed E-state index contributed by atoms with van der Waals surface area (Å²) in [6.07, 6.45) is 1.65. The van der Waals surface area contributed by atoms with Crippen molar-refractivity contribution in [3.8, 4) is 11.5 Å². The summed E-state index contributed by atoms with van der Waals surface area (Å²) in [5, 5.41) is 14.0. The third-order valence-electron chi connectivity index (χ3n) is 3.76. The monoisotopic (exact) mass is 357 g/mol. The molecule has 1 aromatic carbocycles. The number of benzene rings is 1. The molecule has 2 N–H and O–H groups in total. The highest BCUT2D eigenvalue weighted by molar-refractivity contribution is 9.10. The number of nitrogens with one attached hydrogen (secondary N) is 1. The molecule has 2 atom stereocenters. The number of aliphatic hydroxyl groups is 1. The summed E-state index contributed by atoms with van der Waals surface area (Å²) in [5.74, 6) is 1.65. The van der Waals surface area contributed by atoms with Crippen LogP contribution in [0.15, 0.2) is 16.6 Å². The SMILES string of the molecule is CCOc1cc(Br)c(C(O)C2CCCNC2)cc1OCC. The summed E-state index contributed by atoms with van der Waals surface area (Å²) in [7, 11) is 0. The van der Waals surface area contributed by atoms with Crippen LogP contribution in [-0.2, 0) is 0 Å². The predicted molar refractivity (Wildman–Crippen MR) is 87.0 cm³/mol. The first-order chi connectivity index (χ1) is 10.2. The van der Waals surface area contributed by atoms with Crippen molar-refractivity contribution < 1.29 is 14.6 Å². The van der Waals surface area contributed by atoms with Gasteiger partial charge in [0.05, 0.1) is 19.3 Å². The Morgan fingerprint density at radius 1 is 1.29 bits per heavy atom. The zero-order chi connectivity index (χ0) is 15.2. The van der Waals surface area contributed by atoms with E-state index in [4.69, 9.17) is 9.47 Å². The molecule has 5 heteroatoms. The van der Waals surface area contributed by atoms with E-state index in [1.807, 2.05) is 26.0 Å². The van der Waals surface area contributed by atoms with Crippen molar-refractivity contribution in [2.45, 2.75) is 32.8 Å². The second-order valence-corrected chi connectivity index (χ2v) is 6.09. The molecule has 118 valence electrons. The fourth-order valence-corrected chi connectivity index (χ4v) is 3.27. The van der Waals surface area contributed by atoms with Gasteiger partial charge in [-0.1, -0.05) is 15.9 Å². The van der Waals surface area contributed by atoms with E-state index in [9.17, 15) is 5.11 Å². The van der Waals surface area contributed by atoms with Gasteiger partial charge in [0, 0.05) is 16.9 Å². The smallest absolute Gasteiger partial charge is 0.162 e. The standard InChI is InChI=1S/C16H24BrNO3/c1-3-20-14-8-12(13(17)9-15(14)21-4-2)16(19)11-6-5-7-18-10-11/h8-9,11,16,18-19H,3-7,10H2,1-2H3. The topological polar surface area (TPSA) is 50.7 Å². The first-order valence-electron chi connectivity index (χ1n) is 7.65. The molecule has 0 saturated carbocycles. The third-order valence-corrected chi connectivity index (χ3v) is 4.45. The number of hydrogen-bond acceptors (Lipinski definition) is 4. The summed E-state index contributed by atoms with van der Waals surface area (Å²) in [6.45, 7) is 6.94. The van der Waals surface area contributed by atoms with Crippen LogP contribution in [0.3, 0.4) is 0 Å². The minimum absolute atomic E-state index is 0.238. The lowest BCUT2D eigenvalue weighted by Gasteiger charge is -2.28. The molecular formula is C16H24BrNO3. The van der Waals surface area contributed by atoms with Gasteiger partial charge < -0.3 is 19.9 Å². The van der Waals surface area contributed by atoms with Crippen molar-refractivity contribution in [2.24, 2.45) is 5.92 Å².